The smallest absolute Gasteiger partial charge is 0.0261 e. The molecule has 0 unspecified atom stereocenters. The maximum absolute atomic E-state index is 3.90. The number of unbranched alkanes of at least 4 members (excludes halogenated alkanes) is 1. The molecule has 0 amide bonds. The van der Waals surface area contributed by atoms with Crippen molar-refractivity contribution in [2.45, 2.75) is 19.8 Å². The molecule has 0 rings (SSSR count). The summed E-state index contributed by atoms with van der Waals surface area (Å²) in [6, 6.07) is 0. The fourth-order valence-electron chi connectivity index (χ4n) is 0.413. The van der Waals surface area contributed by atoms with Gasteiger partial charge in [0, 0.05) is 12.4 Å². The normalized spacial score (nSPS) is 11.2. The van der Waals surface area contributed by atoms with Crippen LogP contribution in [0.4, 0.5) is 0 Å². The Kier molecular flexibility index (Phi) is 6.47. The molecule has 1 heteroatoms. The summed E-state index contributed by atoms with van der Waals surface area (Å²) >= 11 is 0. The van der Waals surface area contributed by atoms with Crippen LogP contribution in [0.3, 0.4) is 0 Å². The number of nitrogens with zero attached hydrogens (tertiary/aromatic N) is 1. The first-order valence-electron chi connectivity index (χ1n) is 3.21. The predicted molar refractivity (Wildman–Crippen MR) is 42.7 cm³/mol. The second-order valence-electron chi connectivity index (χ2n) is 1.71. The molecule has 0 heterocycles. The Labute approximate surface area is 56.8 Å². The third kappa shape index (κ3) is 7.15. The van der Waals surface area contributed by atoms with Crippen molar-refractivity contribution in [2.24, 2.45) is 4.99 Å². The molecule has 0 aliphatic rings. The van der Waals surface area contributed by atoms with Gasteiger partial charge in [0.05, 0.1) is 0 Å². The lowest BCUT2D eigenvalue weighted by atomic mass is 10.3. The van der Waals surface area contributed by atoms with Crippen LogP contribution in [0, 0.1) is 0 Å². The quantitative estimate of drug-likeness (QED) is 0.509. The van der Waals surface area contributed by atoms with Crippen molar-refractivity contribution < 1.29 is 0 Å². The maximum atomic E-state index is 3.90. The van der Waals surface area contributed by atoms with Crippen LogP contribution in [0.5, 0.6) is 0 Å². The van der Waals surface area contributed by atoms with E-state index >= 15 is 0 Å². The van der Waals surface area contributed by atoms with Crippen molar-refractivity contribution in [1.29, 1.82) is 0 Å². The monoisotopic (exact) mass is 123 g/mol. The molecule has 0 aromatic rings. The van der Waals surface area contributed by atoms with Gasteiger partial charge in [-0.05, 0) is 6.42 Å². The van der Waals surface area contributed by atoms with Gasteiger partial charge in [-0.3, -0.25) is 4.99 Å². The summed E-state index contributed by atoms with van der Waals surface area (Å²) in [6.07, 6.45) is 9.46. The van der Waals surface area contributed by atoms with E-state index in [4.69, 9.17) is 0 Å². The zero-order chi connectivity index (χ0) is 6.95. The Bertz CT molecular complexity index is 112. The first-order valence-corrected chi connectivity index (χ1v) is 3.21. The number of aliphatic imine (C=N–C) groups is 1. The van der Waals surface area contributed by atoms with Gasteiger partial charge in [-0.1, -0.05) is 32.1 Å². The van der Waals surface area contributed by atoms with Crippen LogP contribution >= 0.6 is 0 Å². The van der Waals surface area contributed by atoms with E-state index in [1.54, 1.807) is 18.5 Å². The molecule has 0 aliphatic carbocycles. The Balaban J connectivity index is 3.23. The fraction of sp³-hybridized carbons (Fsp3) is 0.375. The van der Waals surface area contributed by atoms with E-state index in [9.17, 15) is 0 Å². The minimum Gasteiger partial charge on any atom is -0.265 e. The summed E-state index contributed by atoms with van der Waals surface area (Å²) in [4.78, 5) is 3.90. The van der Waals surface area contributed by atoms with E-state index < -0.39 is 0 Å². The van der Waals surface area contributed by atoms with Crippen LogP contribution in [-0.4, -0.2) is 6.21 Å². The van der Waals surface area contributed by atoms with Gasteiger partial charge in [0.25, 0.3) is 0 Å². The molecule has 0 bridgehead atoms. The highest BCUT2D eigenvalue weighted by molar-refractivity contribution is 5.70. The summed E-state index contributed by atoms with van der Waals surface area (Å²) in [7, 11) is 0. The number of hydrogen-bond donors (Lipinski definition) is 0. The molecule has 0 aromatic heterocycles. The SMILES string of the molecule is C=CC=NC=CCCC. The summed E-state index contributed by atoms with van der Waals surface area (Å²) in [6.45, 7) is 5.64. The van der Waals surface area contributed by atoms with Crippen molar-refractivity contribution in [3.05, 3.63) is 24.9 Å². The standard InChI is InChI=1S/C8H13N/c1-3-5-6-8-9-7-4-2/h4,6-8H,2-3,5H2,1H3. The van der Waals surface area contributed by atoms with Crippen molar-refractivity contribution in [3.63, 3.8) is 0 Å². The van der Waals surface area contributed by atoms with Gasteiger partial charge in [0.2, 0.25) is 0 Å². The molecule has 0 N–H and O–H groups in total. The number of hydrogen-bond acceptors (Lipinski definition) is 1. The average molecular weight is 123 g/mol. The Morgan fingerprint density at radius 2 is 2.33 bits per heavy atom. The Morgan fingerprint density at radius 3 is 2.89 bits per heavy atom. The van der Waals surface area contributed by atoms with Gasteiger partial charge in [0.1, 0.15) is 0 Å². The predicted octanol–water partition coefficient (Wildman–Crippen LogP) is 2.56. The lowest BCUT2D eigenvalue weighted by Gasteiger charge is -1.78. The highest BCUT2D eigenvalue weighted by atomic mass is 14.6. The number of rotatable bonds is 4. The second-order valence-corrected chi connectivity index (χ2v) is 1.71. The van der Waals surface area contributed by atoms with E-state index in [1.165, 1.54) is 6.42 Å². The summed E-state index contributed by atoms with van der Waals surface area (Å²) in [5.74, 6) is 0. The largest absolute Gasteiger partial charge is 0.265 e. The molecule has 0 atom stereocenters. The lowest BCUT2D eigenvalue weighted by Crippen LogP contribution is -1.60. The van der Waals surface area contributed by atoms with Crippen LogP contribution in [-0.2, 0) is 0 Å². The van der Waals surface area contributed by atoms with Crippen LogP contribution in [0.2, 0.25) is 0 Å². The van der Waals surface area contributed by atoms with E-state index in [-0.39, 0.29) is 0 Å². The van der Waals surface area contributed by atoms with Crippen molar-refractivity contribution in [2.75, 3.05) is 0 Å². The topological polar surface area (TPSA) is 12.4 Å². The zero-order valence-corrected chi connectivity index (χ0v) is 5.88. The van der Waals surface area contributed by atoms with E-state index in [0.29, 0.717) is 0 Å². The van der Waals surface area contributed by atoms with Gasteiger partial charge in [-0.15, -0.1) is 0 Å². The fourth-order valence-corrected chi connectivity index (χ4v) is 0.413. The first kappa shape index (κ1) is 8.15. The molecule has 0 spiro atoms. The average Bonchev–Trinajstić information content (AvgIpc) is 1.89. The van der Waals surface area contributed by atoms with Crippen LogP contribution in [0.1, 0.15) is 19.8 Å². The molecular weight excluding hydrogens is 110 g/mol. The van der Waals surface area contributed by atoms with Crippen molar-refractivity contribution >= 4 is 6.21 Å². The molecule has 9 heavy (non-hydrogen) atoms. The molecule has 0 aliphatic heterocycles. The minimum absolute atomic E-state index is 1.11. The van der Waals surface area contributed by atoms with Gasteiger partial charge < -0.3 is 0 Å². The van der Waals surface area contributed by atoms with Crippen molar-refractivity contribution in [1.82, 2.24) is 0 Å². The molecular formula is C8H13N. The Morgan fingerprint density at radius 1 is 1.56 bits per heavy atom. The van der Waals surface area contributed by atoms with Crippen molar-refractivity contribution in [3.8, 4) is 0 Å². The van der Waals surface area contributed by atoms with Gasteiger partial charge in [-0.2, -0.15) is 0 Å². The van der Waals surface area contributed by atoms with E-state index in [0.717, 1.165) is 6.42 Å². The van der Waals surface area contributed by atoms with Crippen LogP contribution in [0.15, 0.2) is 29.9 Å². The lowest BCUT2D eigenvalue weighted by molar-refractivity contribution is 0.956. The Hall–Kier alpha value is -0.850. The molecule has 50 valence electrons. The highest BCUT2D eigenvalue weighted by Gasteiger charge is 1.67. The molecule has 0 saturated heterocycles. The third-order valence-corrected chi connectivity index (χ3v) is 0.838. The second kappa shape index (κ2) is 7.15. The molecule has 1 nitrogen and oxygen atoms in total. The molecule has 0 radical (unpaired) electrons. The van der Waals surface area contributed by atoms with Crippen LogP contribution in [0.25, 0.3) is 0 Å². The maximum Gasteiger partial charge on any atom is 0.0261 e. The summed E-state index contributed by atoms with van der Waals surface area (Å²) < 4.78 is 0. The third-order valence-electron chi connectivity index (χ3n) is 0.838. The van der Waals surface area contributed by atoms with Gasteiger partial charge in [0.15, 0.2) is 0 Å². The molecule has 0 saturated carbocycles. The minimum atomic E-state index is 1.11. The summed E-state index contributed by atoms with van der Waals surface area (Å²) in [5.41, 5.74) is 0. The molecule has 0 fully saturated rings. The van der Waals surface area contributed by atoms with Gasteiger partial charge >= 0.3 is 0 Å². The number of allylic oxidation sites excluding steroid dienone is 2. The van der Waals surface area contributed by atoms with Gasteiger partial charge in [-0.25, -0.2) is 0 Å². The molecule has 0 aromatic carbocycles. The highest BCUT2D eigenvalue weighted by Crippen LogP contribution is 1.87. The van der Waals surface area contributed by atoms with E-state index in [2.05, 4.69) is 18.5 Å². The first-order chi connectivity index (χ1) is 4.41. The zero-order valence-electron chi connectivity index (χ0n) is 5.88. The van der Waals surface area contributed by atoms with E-state index in [1.807, 2.05) is 6.08 Å². The van der Waals surface area contributed by atoms with Crippen LogP contribution < -0.4 is 0 Å². The summed E-state index contributed by atoms with van der Waals surface area (Å²) in [5, 5.41) is 0.